The standard InChI is InChI=1S/C14H26N2O3/c1-10(2)8-15(9-13(17)18)14(19)16-11(3)6-5-7-12(16)4/h10-12H,5-9H2,1-4H3,(H,17,18). The third-order valence-corrected chi connectivity index (χ3v) is 3.60. The second-order valence-electron chi connectivity index (χ2n) is 5.99. The molecular formula is C14H26N2O3. The van der Waals surface area contributed by atoms with E-state index in [1.807, 2.05) is 32.6 Å². The van der Waals surface area contributed by atoms with Crippen molar-refractivity contribution in [3.63, 3.8) is 0 Å². The third kappa shape index (κ3) is 4.40. The summed E-state index contributed by atoms with van der Waals surface area (Å²) in [5.41, 5.74) is 0. The molecule has 0 aromatic rings. The van der Waals surface area contributed by atoms with E-state index in [1.165, 1.54) is 4.90 Å². The van der Waals surface area contributed by atoms with E-state index < -0.39 is 5.97 Å². The zero-order chi connectivity index (χ0) is 14.6. The van der Waals surface area contributed by atoms with Gasteiger partial charge in [0.25, 0.3) is 0 Å². The summed E-state index contributed by atoms with van der Waals surface area (Å²) in [5, 5.41) is 8.96. The van der Waals surface area contributed by atoms with Crippen LogP contribution in [0, 0.1) is 5.92 Å². The van der Waals surface area contributed by atoms with Crippen molar-refractivity contribution in [2.45, 2.75) is 59.0 Å². The van der Waals surface area contributed by atoms with Gasteiger partial charge in [-0.15, -0.1) is 0 Å². The SMILES string of the molecule is CC(C)CN(CC(=O)O)C(=O)N1C(C)CCCC1C. The molecule has 1 aliphatic rings. The summed E-state index contributed by atoms with van der Waals surface area (Å²) in [7, 11) is 0. The molecule has 2 amide bonds. The number of piperidine rings is 1. The van der Waals surface area contributed by atoms with Crippen molar-refractivity contribution >= 4 is 12.0 Å². The number of carboxylic acids is 1. The van der Waals surface area contributed by atoms with Gasteiger partial charge in [0.05, 0.1) is 0 Å². The van der Waals surface area contributed by atoms with Crippen molar-refractivity contribution in [3.05, 3.63) is 0 Å². The zero-order valence-corrected chi connectivity index (χ0v) is 12.4. The largest absolute Gasteiger partial charge is 0.480 e. The third-order valence-electron chi connectivity index (χ3n) is 3.60. The Kier molecular flexibility index (Phi) is 5.63. The summed E-state index contributed by atoms with van der Waals surface area (Å²) in [5.74, 6) is -0.690. The van der Waals surface area contributed by atoms with Gasteiger partial charge in [-0.05, 0) is 39.0 Å². The predicted molar refractivity (Wildman–Crippen MR) is 74.1 cm³/mol. The molecule has 0 saturated carbocycles. The van der Waals surface area contributed by atoms with E-state index in [2.05, 4.69) is 0 Å². The number of carboxylic acid groups (broad SMARTS) is 1. The van der Waals surface area contributed by atoms with Gasteiger partial charge in [0.1, 0.15) is 6.54 Å². The van der Waals surface area contributed by atoms with Crippen LogP contribution < -0.4 is 0 Å². The van der Waals surface area contributed by atoms with Crippen LogP contribution in [0.4, 0.5) is 4.79 Å². The van der Waals surface area contributed by atoms with Crippen molar-refractivity contribution < 1.29 is 14.7 Å². The molecule has 110 valence electrons. The first-order chi connectivity index (χ1) is 8.82. The number of urea groups is 1. The summed E-state index contributed by atoms with van der Waals surface area (Å²) in [6.45, 7) is 8.34. The number of hydrogen-bond donors (Lipinski definition) is 1. The Balaban J connectivity index is 2.81. The molecule has 0 bridgehead atoms. The maximum atomic E-state index is 12.6. The van der Waals surface area contributed by atoms with Gasteiger partial charge in [0.15, 0.2) is 0 Å². The molecule has 5 heteroatoms. The topological polar surface area (TPSA) is 60.9 Å². The summed E-state index contributed by atoms with van der Waals surface area (Å²) in [6.07, 6.45) is 3.13. The fourth-order valence-electron chi connectivity index (χ4n) is 2.78. The Hall–Kier alpha value is -1.26. The monoisotopic (exact) mass is 270 g/mol. The average Bonchev–Trinajstić information content (AvgIpc) is 2.26. The van der Waals surface area contributed by atoms with Gasteiger partial charge in [0.2, 0.25) is 0 Å². The van der Waals surface area contributed by atoms with Crippen molar-refractivity contribution in [2.24, 2.45) is 5.92 Å². The molecule has 1 heterocycles. The van der Waals surface area contributed by atoms with E-state index >= 15 is 0 Å². The van der Waals surface area contributed by atoms with Crippen LogP contribution in [0.3, 0.4) is 0 Å². The van der Waals surface area contributed by atoms with Crippen molar-refractivity contribution in [1.82, 2.24) is 9.80 Å². The Labute approximate surface area is 115 Å². The Morgan fingerprint density at radius 2 is 1.79 bits per heavy atom. The summed E-state index contributed by atoms with van der Waals surface area (Å²) in [6, 6.07) is 0.259. The fraction of sp³-hybridized carbons (Fsp3) is 0.857. The lowest BCUT2D eigenvalue weighted by molar-refractivity contribution is -0.138. The molecule has 0 aromatic carbocycles. The Bertz CT molecular complexity index is 321. The summed E-state index contributed by atoms with van der Waals surface area (Å²) < 4.78 is 0. The van der Waals surface area contributed by atoms with Crippen LogP contribution in [0.25, 0.3) is 0 Å². The van der Waals surface area contributed by atoms with Crippen molar-refractivity contribution in [3.8, 4) is 0 Å². The maximum Gasteiger partial charge on any atom is 0.323 e. The van der Waals surface area contributed by atoms with Crippen LogP contribution in [0.5, 0.6) is 0 Å². The van der Waals surface area contributed by atoms with Gasteiger partial charge in [-0.2, -0.15) is 0 Å². The van der Waals surface area contributed by atoms with Crippen LogP contribution in [0.15, 0.2) is 0 Å². The molecule has 2 atom stereocenters. The zero-order valence-electron chi connectivity index (χ0n) is 12.4. The molecule has 0 radical (unpaired) electrons. The molecular weight excluding hydrogens is 244 g/mol. The molecule has 2 unspecified atom stereocenters. The first-order valence-corrected chi connectivity index (χ1v) is 7.12. The average molecular weight is 270 g/mol. The summed E-state index contributed by atoms with van der Waals surface area (Å²) >= 11 is 0. The van der Waals surface area contributed by atoms with Crippen molar-refractivity contribution in [1.29, 1.82) is 0 Å². The lowest BCUT2D eigenvalue weighted by Gasteiger charge is -2.41. The molecule has 1 rings (SSSR count). The Morgan fingerprint density at radius 1 is 1.26 bits per heavy atom. The molecule has 1 saturated heterocycles. The van der Waals surface area contributed by atoms with Crippen LogP contribution >= 0.6 is 0 Å². The quantitative estimate of drug-likeness (QED) is 0.853. The highest BCUT2D eigenvalue weighted by Crippen LogP contribution is 2.24. The minimum Gasteiger partial charge on any atom is -0.480 e. The maximum absolute atomic E-state index is 12.6. The Morgan fingerprint density at radius 3 is 2.21 bits per heavy atom. The van der Waals surface area contributed by atoms with Crippen molar-refractivity contribution in [2.75, 3.05) is 13.1 Å². The normalized spacial score (nSPS) is 23.5. The van der Waals surface area contributed by atoms with Crippen LogP contribution in [-0.2, 0) is 4.79 Å². The minimum atomic E-state index is -0.952. The number of nitrogens with zero attached hydrogens (tertiary/aromatic N) is 2. The lowest BCUT2D eigenvalue weighted by atomic mass is 9.98. The van der Waals surface area contributed by atoms with Gasteiger partial charge in [-0.25, -0.2) is 4.79 Å². The molecule has 0 aliphatic carbocycles. The number of carbonyl (C=O) groups is 2. The fourth-order valence-corrected chi connectivity index (χ4v) is 2.78. The molecule has 1 fully saturated rings. The van der Waals surface area contributed by atoms with E-state index in [0.29, 0.717) is 6.54 Å². The van der Waals surface area contributed by atoms with E-state index in [4.69, 9.17) is 5.11 Å². The van der Waals surface area contributed by atoms with Gasteiger partial charge < -0.3 is 14.9 Å². The molecule has 0 aromatic heterocycles. The van der Waals surface area contributed by atoms with Gasteiger partial charge >= 0.3 is 12.0 Å². The lowest BCUT2D eigenvalue weighted by Crippen LogP contribution is -2.54. The first kappa shape index (κ1) is 15.8. The second kappa shape index (κ2) is 6.78. The highest BCUT2D eigenvalue weighted by molar-refractivity contribution is 5.80. The van der Waals surface area contributed by atoms with Gasteiger partial charge in [0, 0.05) is 18.6 Å². The molecule has 1 aliphatic heterocycles. The predicted octanol–water partition coefficient (Wildman–Crippen LogP) is 2.41. The van der Waals surface area contributed by atoms with Crippen LogP contribution in [-0.4, -0.2) is 52.1 Å². The van der Waals surface area contributed by atoms with Crippen LogP contribution in [0.1, 0.15) is 47.0 Å². The number of carbonyl (C=O) groups excluding carboxylic acids is 1. The number of hydrogen-bond acceptors (Lipinski definition) is 2. The molecule has 0 spiro atoms. The molecule has 5 nitrogen and oxygen atoms in total. The molecule has 1 N–H and O–H groups in total. The number of rotatable bonds is 4. The van der Waals surface area contributed by atoms with E-state index in [-0.39, 0.29) is 30.6 Å². The highest BCUT2D eigenvalue weighted by Gasteiger charge is 2.32. The number of likely N-dealkylation sites (tertiary alicyclic amines) is 1. The number of aliphatic carboxylic acids is 1. The van der Waals surface area contributed by atoms with E-state index in [9.17, 15) is 9.59 Å². The smallest absolute Gasteiger partial charge is 0.323 e. The van der Waals surface area contributed by atoms with E-state index in [1.54, 1.807) is 0 Å². The van der Waals surface area contributed by atoms with Crippen LogP contribution in [0.2, 0.25) is 0 Å². The second-order valence-corrected chi connectivity index (χ2v) is 5.99. The van der Waals surface area contributed by atoms with Gasteiger partial charge in [-0.3, -0.25) is 4.79 Å². The van der Waals surface area contributed by atoms with E-state index in [0.717, 1.165) is 19.3 Å². The first-order valence-electron chi connectivity index (χ1n) is 7.12. The minimum absolute atomic E-state index is 0.129. The number of amides is 2. The van der Waals surface area contributed by atoms with Gasteiger partial charge in [-0.1, -0.05) is 13.8 Å². The highest BCUT2D eigenvalue weighted by atomic mass is 16.4. The summed E-state index contributed by atoms with van der Waals surface area (Å²) in [4.78, 5) is 26.8. The molecule has 19 heavy (non-hydrogen) atoms.